The molecule has 0 radical (unpaired) electrons. The molecule has 28 heavy (non-hydrogen) atoms. The van der Waals surface area contributed by atoms with E-state index in [1.807, 2.05) is 36.4 Å². The Balaban J connectivity index is 0.00000280. The second-order valence-corrected chi connectivity index (χ2v) is 6.04. The third-order valence-electron chi connectivity index (χ3n) is 4.00. The number of rotatable bonds is 7. The molecule has 1 aromatic heterocycles. The fraction of sp³-hybridized carbons (Fsp3) is 0.238. The molecule has 3 rings (SSSR count). The lowest BCUT2D eigenvalue weighted by Gasteiger charge is -2.11. The maximum Gasteiger partial charge on any atom is 0.226 e. The third kappa shape index (κ3) is 6.35. The summed E-state index contributed by atoms with van der Waals surface area (Å²) in [5, 5.41) is 6.56. The van der Waals surface area contributed by atoms with Gasteiger partial charge in [0.15, 0.2) is 5.96 Å². The molecular weight excluding hydrogens is 467 g/mol. The summed E-state index contributed by atoms with van der Waals surface area (Å²) in [5.74, 6) is 1.32. The molecule has 148 valence electrons. The molecule has 0 fully saturated rings. The number of aliphatic imine (C=N–C) groups is 1. The van der Waals surface area contributed by atoms with E-state index in [0.29, 0.717) is 31.5 Å². The van der Waals surface area contributed by atoms with Crippen LogP contribution in [-0.2, 0) is 24.4 Å². The van der Waals surface area contributed by atoms with Crippen molar-refractivity contribution in [2.24, 2.45) is 4.99 Å². The summed E-state index contributed by atoms with van der Waals surface area (Å²) >= 11 is 0. The molecule has 0 saturated heterocycles. The Morgan fingerprint density at radius 1 is 1.04 bits per heavy atom. The molecule has 0 saturated carbocycles. The second kappa shape index (κ2) is 11.5. The maximum absolute atomic E-state index is 5.56. The Labute approximate surface area is 182 Å². The number of nitrogens with zero attached hydrogens (tertiary/aromatic N) is 2. The van der Waals surface area contributed by atoms with E-state index < -0.39 is 0 Å². The monoisotopic (exact) mass is 492 g/mol. The molecule has 2 N–H and O–H groups in total. The van der Waals surface area contributed by atoms with E-state index in [9.17, 15) is 0 Å². The largest absolute Gasteiger partial charge is 0.444 e. The number of oxazole rings is 1. The predicted molar refractivity (Wildman–Crippen MR) is 122 cm³/mol. The lowest BCUT2D eigenvalue weighted by Crippen LogP contribution is -2.36. The summed E-state index contributed by atoms with van der Waals surface area (Å²) in [6, 6.07) is 18.1. The van der Waals surface area contributed by atoms with Crippen LogP contribution in [0.15, 0.2) is 70.3 Å². The Morgan fingerprint density at radius 3 is 2.54 bits per heavy atom. The van der Waals surface area contributed by atoms with Gasteiger partial charge < -0.3 is 19.8 Å². The first-order valence-electron chi connectivity index (χ1n) is 8.79. The van der Waals surface area contributed by atoms with Crippen molar-refractivity contribution in [2.75, 3.05) is 14.2 Å². The fourth-order valence-electron chi connectivity index (χ4n) is 2.68. The van der Waals surface area contributed by atoms with Crippen molar-refractivity contribution in [3.8, 4) is 11.5 Å². The number of guanidine groups is 1. The molecule has 0 amide bonds. The first kappa shape index (κ1) is 21.9. The summed E-state index contributed by atoms with van der Waals surface area (Å²) in [7, 11) is 3.44. The Bertz CT molecular complexity index is 881. The van der Waals surface area contributed by atoms with Crippen molar-refractivity contribution in [2.45, 2.75) is 19.7 Å². The van der Waals surface area contributed by atoms with Crippen LogP contribution >= 0.6 is 24.0 Å². The maximum atomic E-state index is 5.56. The highest BCUT2D eigenvalue weighted by atomic mass is 127. The highest BCUT2D eigenvalue weighted by Crippen LogP contribution is 2.17. The van der Waals surface area contributed by atoms with Crippen LogP contribution in [0.3, 0.4) is 0 Å². The van der Waals surface area contributed by atoms with Gasteiger partial charge >= 0.3 is 0 Å². The number of hydrogen-bond donors (Lipinski definition) is 2. The van der Waals surface area contributed by atoms with E-state index in [1.54, 1.807) is 20.4 Å². The molecule has 0 aliphatic rings. The van der Waals surface area contributed by atoms with Crippen molar-refractivity contribution in [1.29, 1.82) is 0 Å². The first-order chi connectivity index (χ1) is 13.3. The van der Waals surface area contributed by atoms with Crippen molar-refractivity contribution < 1.29 is 9.15 Å². The number of benzene rings is 2. The van der Waals surface area contributed by atoms with E-state index >= 15 is 0 Å². The molecule has 0 spiro atoms. The second-order valence-electron chi connectivity index (χ2n) is 6.04. The van der Waals surface area contributed by atoms with Crippen molar-refractivity contribution in [3.05, 3.63) is 77.7 Å². The standard InChI is InChI=1S/C21H24N4O2.HI/c1-22-21(23-12-16-7-6-8-17(11-16)14-26-2)24-13-19-15-27-20(25-19)18-9-4-3-5-10-18;/h3-11,15H,12-14H2,1-2H3,(H2,22,23,24);1H. The van der Waals surface area contributed by atoms with Crippen LogP contribution in [0.5, 0.6) is 0 Å². The molecule has 0 unspecified atom stereocenters. The zero-order valence-electron chi connectivity index (χ0n) is 16.0. The number of methoxy groups -OCH3 is 1. The zero-order valence-corrected chi connectivity index (χ0v) is 18.3. The van der Waals surface area contributed by atoms with Gasteiger partial charge in [0.25, 0.3) is 0 Å². The lowest BCUT2D eigenvalue weighted by molar-refractivity contribution is 0.185. The summed E-state index contributed by atoms with van der Waals surface area (Å²) in [5.41, 5.74) is 4.09. The lowest BCUT2D eigenvalue weighted by atomic mass is 10.1. The average molecular weight is 492 g/mol. The van der Waals surface area contributed by atoms with Crippen LogP contribution in [0.1, 0.15) is 16.8 Å². The van der Waals surface area contributed by atoms with E-state index in [0.717, 1.165) is 16.8 Å². The van der Waals surface area contributed by atoms with Gasteiger partial charge in [-0.15, -0.1) is 24.0 Å². The topological polar surface area (TPSA) is 71.7 Å². The highest BCUT2D eigenvalue weighted by Gasteiger charge is 2.07. The van der Waals surface area contributed by atoms with Gasteiger partial charge in [-0.05, 0) is 23.3 Å². The first-order valence-corrected chi connectivity index (χ1v) is 8.79. The van der Waals surface area contributed by atoms with Crippen molar-refractivity contribution in [1.82, 2.24) is 15.6 Å². The van der Waals surface area contributed by atoms with E-state index in [-0.39, 0.29) is 24.0 Å². The molecule has 0 atom stereocenters. The number of ether oxygens (including phenoxy) is 1. The molecule has 6 nitrogen and oxygen atoms in total. The van der Waals surface area contributed by atoms with E-state index in [1.165, 1.54) is 5.56 Å². The Kier molecular flexibility index (Phi) is 8.96. The van der Waals surface area contributed by atoms with Gasteiger partial charge in [0.2, 0.25) is 5.89 Å². The van der Waals surface area contributed by atoms with Gasteiger partial charge in [-0.1, -0.05) is 42.5 Å². The van der Waals surface area contributed by atoms with Crippen LogP contribution in [-0.4, -0.2) is 25.1 Å². The highest BCUT2D eigenvalue weighted by molar-refractivity contribution is 14.0. The summed E-state index contributed by atoms with van der Waals surface area (Å²) in [4.78, 5) is 8.76. The van der Waals surface area contributed by atoms with Crippen molar-refractivity contribution in [3.63, 3.8) is 0 Å². The zero-order chi connectivity index (χ0) is 18.9. The summed E-state index contributed by atoms with van der Waals surface area (Å²) < 4.78 is 10.7. The van der Waals surface area contributed by atoms with Crippen LogP contribution in [0.4, 0.5) is 0 Å². The SMILES string of the molecule is CN=C(NCc1cccc(COC)c1)NCc1coc(-c2ccccc2)n1.I. The number of aromatic nitrogens is 1. The molecule has 0 bridgehead atoms. The van der Waals surface area contributed by atoms with Gasteiger partial charge in [0.05, 0.1) is 18.8 Å². The van der Waals surface area contributed by atoms with Gasteiger partial charge in [-0.2, -0.15) is 0 Å². The predicted octanol–water partition coefficient (Wildman–Crippen LogP) is 3.97. The Morgan fingerprint density at radius 2 is 1.79 bits per heavy atom. The van der Waals surface area contributed by atoms with E-state index in [2.05, 4.69) is 38.8 Å². The smallest absolute Gasteiger partial charge is 0.226 e. The molecule has 2 aromatic carbocycles. The fourth-order valence-corrected chi connectivity index (χ4v) is 2.68. The quantitative estimate of drug-likeness (QED) is 0.297. The minimum Gasteiger partial charge on any atom is -0.444 e. The number of nitrogens with one attached hydrogen (secondary N) is 2. The van der Waals surface area contributed by atoms with Crippen LogP contribution < -0.4 is 10.6 Å². The molecular formula is C21H25IN4O2. The molecule has 7 heteroatoms. The summed E-state index contributed by atoms with van der Waals surface area (Å²) in [6.45, 7) is 1.81. The minimum atomic E-state index is 0. The number of halogens is 1. The van der Waals surface area contributed by atoms with Gasteiger partial charge in [0.1, 0.15) is 6.26 Å². The van der Waals surface area contributed by atoms with Gasteiger partial charge in [-0.25, -0.2) is 4.98 Å². The summed E-state index contributed by atoms with van der Waals surface area (Å²) in [6.07, 6.45) is 1.66. The van der Waals surface area contributed by atoms with Crippen molar-refractivity contribution >= 4 is 29.9 Å². The molecule has 0 aliphatic carbocycles. The van der Waals surface area contributed by atoms with Crippen LogP contribution in [0, 0.1) is 0 Å². The average Bonchev–Trinajstić information content (AvgIpc) is 3.18. The van der Waals surface area contributed by atoms with Crippen LogP contribution in [0.2, 0.25) is 0 Å². The van der Waals surface area contributed by atoms with Gasteiger partial charge in [0, 0.05) is 26.3 Å². The van der Waals surface area contributed by atoms with Gasteiger partial charge in [-0.3, -0.25) is 4.99 Å². The number of hydrogen-bond acceptors (Lipinski definition) is 4. The van der Waals surface area contributed by atoms with E-state index in [4.69, 9.17) is 9.15 Å². The third-order valence-corrected chi connectivity index (χ3v) is 4.00. The molecule has 1 heterocycles. The molecule has 0 aliphatic heterocycles. The molecule has 3 aromatic rings. The normalized spacial score (nSPS) is 11.0. The Hall–Kier alpha value is -2.39. The van der Waals surface area contributed by atoms with Crippen LogP contribution in [0.25, 0.3) is 11.5 Å². The minimum absolute atomic E-state index is 0.